The molecule has 0 radical (unpaired) electrons. The Morgan fingerprint density at radius 2 is 1.96 bits per heavy atom. The van der Waals surface area contributed by atoms with Crippen molar-refractivity contribution in [2.75, 3.05) is 20.2 Å². The van der Waals surface area contributed by atoms with Crippen molar-refractivity contribution in [1.29, 1.82) is 0 Å². The summed E-state index contributed by atoms with van der Waals surface area (Å²) in [7, 11) is 1.72. The lowest BCUT2D eigenvalue weighted by Crippen LogP contribution is -2.61. The zero-order valence-corrected chi connectivity index (χ0v) is 16.9. The maximum atomic E-state index is 10.2. The number of benzene rings is 2. The third-order valence-corrected chi connectivity index (χ3v) is 7.78. The first-order chi connectivity index (χ1) is 13.7. The summed E-state index contributed by atoms with van der Waals surface area (Å²) in [5.74, 6) is 2.12. The first-order valence-corrected chi connectivity index (χ1v) is 10.9. The quantitative estimate of drug-likeness (QED) is 0.838. The Balaban J connectivity index is 1.39. The van der Waals surface area contributed by atoms with E-state index in [1.807, 2.05) is 6.07 Å². The van der Waals surface area contributed by atoms with E-state index in [2.05, 4.69) is 41.3 Å². The highest BCUT2D eigenvalue weighted by molar-refractivity contribution is 5.45. The molecule has 1 saturated carbocycles. The minimum atomic E-state index is 0.311. The number of nitrogens with zero attached hydrogens (tertiary/aromatic N) is 1. The van der Waals surface area contributed by atoms with Gasteiger partial charge in [0.15, 0.2) is 0 Å². The predicted octanol–water partition coefficient (Wildman–Crippen LogP) is 4.70. The first-order valence-electron chi connectivity index (χ1n) is 10.9. The van der Waals surface area contributed by atoms with Crippen LogP contribution in [0.2, 0.25) is 0 Å². The third-order valence-electron chi connectivity index (χ3n) is 7.78. The summed E-state index contributed by atoms with van der Waals surface area (Å²) in [5, 5.41) is 10.2. The van der Waals surface area contributed by atoms with Crippen LogP contribution >= 0.6 is 0 Å². The Labute approximate surface area is 168 Å². The number of rotatable bonds is 4. The molecular formula is C25H31NO2. The number of phenols is 1. The lowest BCUT2D eigenvalue weighted by molar-refractivity contribution is -0.0106. The second-order valence-electron chi connectivity index (χ2n) is 9.01. The number of hydrogen-bond donors (Lipinski definition) is 1. The highest BCUT2D eigenvalue weighted by atomic mass is 16.5. The van der Waals surface area contributed by atoms with Crippen LogP contribution in [0.4, 0.5) is 0 Å². The van der Waals surface area contributed by atoms with Gasteiger partial charge in [-0.1, -0.05) is 31.0 Å². The zero-order chi connectivity index (χ0) is 19.1. The van der Waals surface area contributed by atoms with Crippen LogP contribution in [0.1, 0.15) is 48.8 Å². The van der Waals surface area contributed by atoms with E-state index in [1.54, 1.807) is 7.11 Å². The van der Waals surface area contributed by atoms with Crippen LogP contribution in [0.3, 0.4) is 0 Å². The molecule has 28 heavy (non-hydrogen) atoms. The molecule has 0 spiro atoms. The number of piperidine rings is 1. The van der Waals surface area contributed by atoms with E-state index in [-0.39, 0.29) is 0 Å². The van der Waals surface area contributed by atoms with Crippen molar-refractivity contribution in [3.63, 3.8) is 0 Å². The zero-order valence-electron chi connectivity index (χ0n) is 16.9. The lowest BCUT2D eigenvalue weighted by Gasteiger charge is -2.59. The average Bonchev–Trinajstić information content (AvgIpc) is 2.74. The van der Waals surface area contributed by atoms with E-state index in [1.165, 1.54) is 55.3 Å². The van der Waals surface area contributed by atoms with Crippen molar-refractivity contribution in [1.82, 2.24) is 4.90 Å². The van der Waals surface area contributed by atoms with Gasteiger partial charge in [-0.25, -0.2) is 0 Å². The standard InChI is InChI=1S/C25H31NO2/c1-28-21-9-5-18(6-10-21)11-14-26-15-13-25-12-3-2-4-22(25)24(26)16-19-7-8-20(27)17-23(19)25/h5-10,17,22,24,27H,2-4,11-16H2,1H3/t22-,24+,25+/m0/s1. The minimum absolute atomic E-state index is 0.311. The van der Waals surface area contributed by atoms with Gasteiger partial charge in [0.1, 0.15) is 11.5 Å². The number of fused-ring (bicyclic) bond motifs is 1. The van der Waals surface area contributed by atoms with Crippen molar-refractivity contribution in [2.45, 2.75) is 56.4 Å². The highest BCUT2D eigenvalue weighted by Crippen LogP contribution is 2.56. The van der Waals surface area contributed by atoms with Gasteiger partial charge in [0, 0.05) is 18.0 Å². The Bertz CT molecular complexity index is 846. The maximum absolute atomic E-state index is 10.2. The van der Waals surface area contributed by atoms with E-state index >= 15 is 0 Å². The summed E-state index contributed by atoms with van der Waals surface area (Å²) in [6.45, 7) is 2.32. The fraction of sp³-hybridized carbons (Fsp3) is 0.520. The van der Waals surface area contributed by atoms with E-state index in [0.717, 1.165) is 31.1 Å². The maximum Gasteiger partial charge on any atom is 0.118 e. The molecule has 3 nitrogen and oxygen atoms in total. The summed E-state index contributed by atoms with van der Waals surface area (Å²) in [5.41, 5.74) is 4.66. The fourth-order valence-electron chi connectivity index (χ4n) is 6.42. The van der Waals surface area contributed by atoms with Gasteiger partial charge in [-0.3, -0.25) is 4.90 Å². The van der Waals surface area contributed by atoms with Gasteiger partial charge < -0.3 is 9.84 Å². The van der Waals surface area contributed by atoms with Crippen molar-refractivity contribution >= 4 is 0 Å². The Morgan fingerprint density at radius 3 is 2.79 bits per heavy atom. The van der Waals surface area contributed by atoms with Crippen molar-refractivity contribution in [3.8, 4) is 11.5 Å². The normalized spacial score (nSPS) is 29.0. The number of hydrogen-bond acceptors (Lipinski definition) is 3. The van der Waals surface area contributed by atoms with E-state index in [9.17, 15) is 5.11 Å². The van der Waals surface area contributed by atoms with Crippen LogP contribution in [-0.4, -0.2) is 36.2 Å². The molecule has 2 bridgehead atoms. The molecule has 2 aliphatic carbocycles. The molecule has 5 rings (SSSR count). The van der Waals surface area contributed by atoms with Gasteiger partial charge in [-0.15, -0.1) is 0 Å². The van der Waals surface area contributed by atoms with Gasteiger partial charge in [-0.2, -0.15) is 0 Å². The van der Waals surface area contributed by atoms with Crippen LogP contribution in [0.15, 0.2) is 42.5 Å². The Morgan fingerprint density at radius 1 is 1.11 bits per heavy atom. The lowest BCUT2D eigenvalue weighted by atomic mass is 9.52. The number of likely N-dealkylation sites (tertiary alicyclic amines) is 1. The van der Waals surface area contributed by atoms with Crippen LogP contribution in [0.5, 0.6) is 11.5 Å². The van der Waals surface area contributed by atoms with E-state index in [4.69, 9.17) is 4.74 Å². The topological polar surface area (TPSA) is 32.7 Å². The van der Waals surface area contributed by atoms with Crippen LogP contribution in [0.25, 0.3) is 0 Å². The van der Waals surface area contributed by atoms with Crippen LogP contribution in [-0.2, 0) is 18.3 Å². The Kier molecular flexibility index (Phi) is 4.59. The molecule has 3 aliphatic rings. The molecule has 1 heterocycles. The predicted molar refractivity (Wildman–Crippen MR) is 112 cm³/mol. The van der Waals surface area contributed by atoms with E-state index in [0.29, 0.717) is 17.2 Å². The smallest absolute Gasteiger partial charge is 0.118 e. The third kappa shape index (κ3) is 2.91. The molecular weight excluding hydrogens is 346 g/mol. The number of phenolic OH excluding ortho intramolecular Hbond substituents is 1. The second-order valence-corrected chi connectivity index (χ2v) is 9.01. The summed E-state index contributed by atoms with van der Waals surface area (Å²) in [6.07, 6.45) is 8.84. The molecule has 1 N–H and O–H groups in total. The summed E-state index contributed by atoms with van der Waals surface area (Å²) >= 11 is 0. The largest absolute Gasteiger partial charge is 0.508 e. The molecule has 3 heteroatoms. The van der Waals surface area contributed by atoms with Gasteiger partial charge in [0.2, 0.25) is 0 Å². The van der Waals surface area contributed by atoms with Crippen molar-refractivity contribution in [3.05, 3.63) is 59.2 Å². The molecule has 2 aromatic rings. The van der Waals surface area contributed by atoms with Crippen LogP contribution in [0, 0.1) is 5.92 Å². The molecule has 0 aromatic heterocycles. The number of ether oxygens (including phenoxy) is 1. The van der Waals surface area contributed by atoms with E-state index < -0.39 is 0 Å². The highest BCUT2D eigenvalue weighted by Gasteiger charge is 2.53. The Hall–Kier alpha value is -2.00. The second kappa shape index (κ2) is 7.11. The molecule has 148 valence electrons. The molecule has 0 unspecified atom stereocenters. The molecule has 1 aliphatic heterocycles. The fourth-order valence-corrected chi connectivity index (χ4v) is 6.42. The minimum Gasteiger partial charge on any atom is -0.508 e. The van der Waals surface area contributed by atoms with Gasteiger partial charge in [0.05, 0.1) is 7.11 Å². The van der Waals surface area contributed by atoms with Gasteiger partial charge in [-0.05, 0) is 85.5 Å². The summed E-state index contributed by atoms with van der Waals surface area (Å²) in [4.78, 5) is 2.77. The molecule has 2 aromatic carbocycles. The van der Waals surface area contributed by atoms with Crippen molar-refractivity contribution in [2.24, 2.45) is 5.92 Å². The average molecular weight is 378 g/mol. The number of aromatic hydroxyl groups is 1. The van der Waals surface area contributed by atoms with Gasteiger partial charge >= 0.3 is 0 Å². The SMILES string of the molecule is COc1ccc(CCN2CC[C@]34CCCC[C@H]3[C@H]2Cc2ccc(O)cc24)cc1. The van der Waals surface area contributed by atoms with Crippen molar-refractivity contribution < 1.29 is 9.84 Å². The van der Waals surface area contributed by atoms with Crippen LogP contribution < -0.4 is 4.74 Å². The summed E-state index contributed by atoms with van der Waals surface area (Å²) < 4.78 is 5.29. The molecule has 2 fully saturated rings. The molecule has 3 atom stereocenters. The summed E-state index contributed by atoms with van der Waals surface area (Å²) in [6, 6.07) is 15.4. The molecule has 0 amide bonds. The van der Waals surface area contributed by atoms with Gasteiger partial charge in [0.25, 0.3) is 0 Å². The molecule has 1 saturated heterocycles. The first kappa shape index (κ1) is 18.1. The number of methoxy groups -OCH3 is 1. The monoisotopic (exact) mass is 377 g/mol.